The number of hydrogen-bond acceptors (Lipinski definition) is 8. The minimum Gasteiger partial charge on any atom is -0.478 e. The largest absolute Gasteiger partial charge is 0.478 e. The van der Waals surface area contributed by atoms with E-state index >= 15 is 0 Å². The summed E-state index contributed by atoms with van der Waals surface area (Å²) in [7, 11) is 0. The molecule has 2 fully saturated rings. The maximum atomic E-state index is 13.7. The average molecular weight is 689 g/mol. The van der Waals surface area contributed by atoms with E-state index in [4.69, 9.17) is 14.5 Å². The van der Waals surface area contributed by atoms with Gasteiger partial charge < -0.3 is 19.9 Å². The molecule has 12 heteroatoms. The molecule has 3 N–H and O–H groups in total. The maximum absolute atomic E-state index is 13.7. The molecule has 1 unspecified atom stereocenters. The molecule has 8 nitrogen and oxygen atoms in total. The molecule has 1 saturated heterocycles. The zero-order valence-electron chi connectivity index (χ0n) is 28.2. The molecular weight excluding hydrogens is 641 g/mol. The van der Waals surface area contributed by atoms with Crippen molar-refractivity contribution in [2.45, 2.75) is 89.8 Å². The smallest absolute Gasteiger partial charge is 0.394 e. The number of anilines is 1. The van der Waals surface area contributed by atoms with Gasteiger partial charge in [-0.25, -0.2) is 9.78 Å². The van der Waals surface area contributed by atoms with Gasteiger partial charge in [0, 0.05) is 35.8 Å². The fourth-order valence-corrected chi connectivity index (χ4v) is 6.55. The minimum atomic E-state index is -4.20. The molecule has 0 amide bonds. The van der Waals surface area contributed by atoms with E-state index in [2.05, 4.69) is 15.0 Å². The molecule has 3 aromatic rings. The second-order valence-corrected chi connectivity index (χ2v) is 13.2. The second kappa shape index (κ2) is 17.3. The molecular formula is C36H47F3N4O4S. The Morgan fingerprint density at radius 2 is 1.77 bits per heavy atom. The van der Waals surface area contributed by atoms with Crippen molar-refractivity contribution in [3.8, 4) is 17.1 Å². The number of aromatic nitrogens is 2. The van der Waals surface area contributed by atoms with Crippen LogP contribution < -0.4 is 14.8 Å². The van der Waals surface area contributed by atoms with E-state index in [1.807, 2.05) is 45.9 Å². The van der Waals surface area contributed by atoms with Crippen LogP contribution in [-0.4, -0.2) is 59.6 Å². The Morgan fingerprint density at radius 3 is 2.42 bits per heavy atom. The molecule has 2 aliphatic rings. The van der Waals surface area contributed by atoms with Crippen LogP contribution in [0.5, 0.6) is 5.88 Å². The topological polar surface area (TPSA) is 106 Å². The standard InChI is InChI=1S/C34H41F3N4O4S.C2H6/c1-22-5-3-6-23(2)30(22)28-20-29(40-32(39-28)41-46-27-8-4-7-25(19-27)31(42)43)45-21-26(9-13-33(14-15-33)34(35,36)37)38-16-10-24-11-17-44-18-12-24;1-2/h3-8,19-20,24,26,38H,9-18,21H2,1-2H3,(H,42,43)(H,39,40,41);1-2H3. The lowest BCUT2D eigenvalue weighted by molar-refractivity contribution is -0.189. The molecule has 2 aromatic carbocycles. The normalized spacial score (nSPS) is 16.4. The van der Waals surface area contributed by atoms with Gasteiger partial charge in [-0.2, -0.15) is 18.2 Å². The van der Waals surface area contributed by atoms with Crippen LogP contribution in [0.1, 0.15) is 80.3 Å². The van der Waals surface area contributed by atoms with Crippen molar-refractivity contribution < 1.29 is 32.5 Å². The molecule has 0 radical (unpaired) electrons. The van der Waals surface area contributed by atoms with Gasteiger partial charge in [-0.05, 0) is 113 Å². The predicted molar refractivity (Wildman–Crippen MR) is 184 cm³/mol. The van der Waals surface area contributed by atoms with E-state index in [1.54, 1.807) is 24.3 Å². The van der Waals surface area contributed by atoms with Crippen LogP contribution in [-0.2, 0) is 4.74 Å². The first-order valence-corrected chi connectivity index (χ1v) is 17.6. The molecule has 262 valence electrons. The van der Waals surface area contributed by atoms with Crippen LogP contribution in [0.4, 0.5) is 19.1 Å². The van der Waals surface area contributed by atoms with Crippen molar-refractivity contribution in [1.29, 1.82) is 0 Å². The Bertz CT molecular complexity index is 1480. The van der Waals surface area contributed by atoms with E-state index in [0.717, 1.165) is 49.2 Å². The fourth-order valence-electron chi connectivity index (χ4n) is 5.92. The monoisotopic (exact) mass is 688 g/mol. The number of alkyl halides is 3. The molecule has 0 spiro atoms. The summed E-state index contributed by atoms with van der Waals surface area (Å²) in [5, 5.41) is 12.8. The molecule has 2 heterocycles. The Labute approximate surface area is 285 Å². The highest BCUT2D eigenvalue weighted by Crippen LogP contribution is 2.60. The van der Waals surface area contributed by atoms with Crippen LogP contribution in [0.15, 0.2) is 53.4 Å². The number of carboxylic acids is 1. The van der Waals surface area contributed by atoms with Gasteiger partial charge in [-0.1, -0.05) is 38.1 Å². The second-order valence-electron chi connectivity index (χ2n) is 12.3. The van der Waals surface area contributed by atoms with Crippen molar-refractivity contribution in [3.63, 3.8) is 0 Å². The van der Waals surface area contributed by atoms with Crippen molar-refractivity contribution in [2.24, 2.45) is 11.3 Å². The summed E-state index contributed by atoms with van der Waals surface area (Å²) in [5.74, 6) is 0.0733. The van der Waals surface area contributed by atoms with E-state index in [-0.39, 0.29) is 43.4 Å². The lowest BCUT2D eigenvalue weighted by Crippen LogP contribution is -2.38. The highest BCUT2D eigenvalue weighted by atomic mass is 32.2. The lowest BCUT2D eigenvalue weighted by atomic mass is 9.95. The first kappa shape index (κ1) is 37.5. The zero-order chi connectivity index (χ0) is 34.7. The highest BCUT2D eigenvalue weighted by Gasteiger charge is 2.62. The predicted octanol–water partition coefficient (Wildman–Crippen LogP) is 8.88. The lowest BCUT2D eigenvalue weighted by Gasteiger charge is -2.26. The third-order valence-corrected chi connectivity index (χ3v) is 9.74. The van der Waals surface area contributed by atoms with Crippen LogP contribution >= 0.6 is 11.9 Å². The number of carbonyl (C=O) groups is 1. The number of ether oxygens (including phenoxy) is 2. The Kier molecular flexibility index (Phi) is 13.5. The number of rotatable bonds is 15. The van der Waals surface area contributed by atoms with Gasteiger partial charge in [-0.3, -0.25) is 4.72 Å². The summed E-state index contributed by atoms with van der Waals surface area (Å²) < 4.78 is 56.0. The number of halogens is 3. The average Bonchev–Trinajstić information content (AvgIpc) is 3.88. The fraction of sp³-hybridized carbons (Fsp3) is 0.528. The number of aromatic carboxylic acids is 1. The van der Waals surface area contributed by atoms with Gasteiger partial charge in [0.05, 0.1) is 16.7 Å². The first-order valence-electron chi connectivity index (χ1n) is 16.8. The minimum absolute atomic E-state index is 0.0606. The highest BCUT2D eigenvalue weighted by molar-refractivity contribution is 8.00. The Balaban J connectivity index is 0.00000255. The third kappa shape index (κ3) is 10.3. The van der Waals surface area contributed by atoms with Crippen LogP contribution in [0.25, 0.3) is 11.3 Å². The number of benzene rings is 2. The number of nitrogens with one attached hydrogen (secondary N) is 2. The SMILES string of the molecule is CC.Cc1cccc(C)c1-c1cc(OCC(CCC2(C(F)(F)F)CC2)NCCC2CCOCC2)nc(NSc2cccc(C(=O)O)c2)n1. The van der Waals surface area contributed by atoms with Crippen LogP contribution in [0.2, 0.25) is 0 Å². The van der Waals surface area contributed by atoms with Gasteiger partial charge in [0.25, 0.3) is 0 Å². The van der Waals surface area contributed by atoms with E-state index in [9.17, 15) is 23.1 Å². The van der Waals surface area contributed by atoms with Gasteiger partial charge >= 0.3 is 12.1 Å². The van der Waals surface area contributed by atoms with Gasteiger partial charge in [-0.15, -0.1) is 0 Å². The summed E-state index contributed by atoms with van der Waals surface area (Å²) in [6.45, 7) is 10.3. The summed E-state index contributed by atoms with van der Waals surface area (Å²) in [4.78, 5) is 21.4. The summed E-state index contributed by atoms with van der Waals surface area (Å²) in [6.07, 6.45) is -0.516. The molecule has 1 aromatic heterocycles. The maximum Gasteiger partial charge on any atom is 0.394 e. The number of aryl methyl sites for hydroxylation is 2. The molecule has 1 aliphatic carbocycles. The summed E-state index contributed by atoms with van der Waals surface area (Å²) >= 11 is 1.17. The summed E-state index contributed by atoms with van der Waals surface area (Å²) in [6, 6.07) is 13.9. The number of carboxylic acid groups (broad SMARTS) is 1. The summed E-state index contributed by atoms with van der Waals surface area (Å²) in [5.41, 5.74) is 2.20. The van der Waals surface area contributed by atoms with Crippen LogP contribution in [0.3, 0.4) is 0 Å². The number of nitrogens with zero attached hydrogens (tertiary/aromatic N) is 2. The quantitative estimate of drug-likeness (QED) is 0.135. The molecule has 1 aliphatic heterocycles. The first-order chi connectivity index (χ1) is 23.0. The van der Waals surface area contributed by atoms with Gasteiger partial charge in [0.15, 0.2) is 0 Å². The van der Waals surface area contributed by atoms with Gasteiger partial charge in [0.1, 0.15) is 6.61 Å². The molecule has 1 atom stereocenters. The third-order valence-electron chi connectivity index (χ3n) is 8.97. The number of hydrogen-bond donors (Lipinski definition) is 3. The molecule has 0 bridgehead atoms. The van der Waals surface area contributed by atoms with Gasteiger partial charge in [0.2, 0.25) is 11.8 Å². The van der Waals surface area contributed by atoms with Crippen molar-refractivity contribution >= 4 is 23.9 Å². The molecule has 48 heavy (non-hydrogen) atoms. The Morgan fingerprint density at radius 1 is 1.08 bits per heavy atom. The zero-order valence-corrected chi connectivity index (χ0v) is 29.0. The van der Waals surface area contributed by atoms with Crippen molar-refractivity contribution in [1.82, 2.24) is 15.3 Å². The Hall–Kier alpha value is -3.35. The molecule has 1 saturated carbocycles. The van der Waals surface area contributed by atoms with Crippen molar-refractivity contribution in [2.75, 3.05) is 31.1 Å². The molecule has 5 rings (SSSR count). The van der Waals surface area contributed by atoms with E-state index in [0.29, 0.717) is 35.4 Å². The van der Waals surface area contributed by atoms with E-state index < -0.39 is 17.6 Å². The van der Waals surface area contributed by atoms with Crippen molar-refractivity contribution in [3.05, 3.63) is 65.2 Å². The van der Waals surface area contributed by atoms with Crippen LogP contribution in [0, 0.1) is 25.2 Å². The van der Waals surface area contributed by atoms with E-state index in [1.165, 1.54) is 18.0 Å².